The fourth-order valence-corrected chi connectivity index (χ4v) is 2.94. The number of sulfonamides is 1. The van der Waals surface area contributed by atoms with Crippen LogP contribution in [-0.4, -0.2) is 8.42 Å². The fraction of sp³-hybridized carbons (Fsp3) is 0.200. The van der Waals surface area contributed by atoms with Crippen molar-refractivity contribution >= 4 is 21.6 Å². The fourth-order valence-electron chi connectivity index (χ4n) is 1.98. The first kappa shape index (κ1) is 15.8. The Bertz CT molecular complexity index is 755. The van der Waals surface area contributed by atoms with Crippen LogP contribution in [0.1, 0.15) is 16.7 Å². The molecule has 0 saturated heterocycles. The van der Waals surface area contributed by atoms with Crippen LogP contribution in [-0.2, 0) is 16.6 Å². The van der Waals surface area contributed by atoms with E-state index in [1.807, 2.05) is 12.1 Å². The predicted molar refractivity (Wildman–Crippen MR) is 83.1 cm³/mol. The Morgan fingerprint density at radius 1 is 1.05 bits per heavy atom. The number of benzene rings is 2. The van der Waals surface area contributed by atoms with Gasteiger partial charge in [0.15, 0.2) is 0 Å². The average molecular weight is 326 g/mol. The number of rotatable bonds is 4. The molecule has 6 heteroatoms. The lowest BCUT2D eigenvalue weighted by molar-refractivity contribution is 0.303. The second-order valence-electron chi connectivity index (χ2n) is 4.77. The Kier molecular flexibility index (Phi) is 4.56. The summed E-state index contributed by atoms with van der Waals surface area (Å²) in [4.78, 5) is 0.124. The normalized spacial score (nSPS) is 11.4. The highest BCUT2D eigenvalue weighted by molar-refractivity contribution is 7.89. The number of nitrogens with two attached hydrogens (primary N) is 1. The van der Waals surface area contributed by atoms with E-state index in [4.69, 9.17) is 21.5 Å². The van der Waals surface area contributed by atoms with Gasteiger partial charge < -0.3 is 4.74 Å². The number of halogens is 1. The lowest BCUT2D eigenvalue weighted by atomic mass is 10.1. The van der Waals surface area contributed by atoms with E-state index in [-0.39, 0.29) is 4.90 Å². The Hall–Kier alpha value is -1.56. The van der Waals surface area contributed by atoms with Gasteiger partial charge in [0.2, 0.25) is 10.0 Å². The van der Waals surface area contributed by atoms with Gasteiger partial charge in [-0.15, -0.1) is 0 Å². The van der Waals surface area contributed by atoms with Crippen molar-refractivity contribution in [3.8, 4) is 5.75 Å². The van der Waals surface area contributed by atoms with Gasteiger partial charge in [-0.05, 0) is 54.8 Å². The van der Waals surface area contributed by atoms with Crippen LogP contribution >= 0.6 is 11.6 Å². The van der Waals surface area contributed by atoms with Gasteiger partial charge in [-0.2, -0.15) is 0 Å². The monoisotopic (exact) mass is 325 g/mol. The molecule has 0 aliphatic carbocycles. The highest BCUT2D eigenvalue weighted by atomic mass is 35.5. The SMILES string of the molecule is Cc1c(OCc2ccc(Cl)cc2)ccc(S(N)(=O)=O)c1C. The van der Waals surface area contributed by atoms with Gasteiger partial charge in [0.05, 0.1) is 4.90 Å². The molecule has 0 heterocycles. The third kappa shape index (κ3) is 3.75. The Labute approximate surface area is 129 Å². The molecule has 2 aromatic carbocycles. The van der Waals surface area contributed by atoms with Crippen LogP contribution in [0.4, 0.5) is 0 Å². The lowest BCUT2D eigenvalue weighted by Gasteiger charge is -2.13. The number of ether oxygens (including phenoxy) is 1. The van der Waals surface area contributed by atoms with Crippen LogP contribution in [0.25, 0.3) is 0 Å². The van der Waals surface area contributed by atoms with Gasteiger partial charge in [0.25, 0.3) is 0 Å². The third-order valence-corrected chi connectivity index (χ3v) is 4.61. The highest BCUT2D eigenvalue weighted by Gasteiger charge is 2.15. The summed E-state index contributed by atoms with van der Waals surface area (Å²) in [5.41, 5.74) is 2.34. The maximum atomic E-state index is 11.5. The summed E-state index contributed by atoms with van der Waals surface area (Å²) in [6.07, 6.45) is 0. The van der Waals surface area contributed by atoms with Gasteiger partial charge in [0.1, 0.15) is 12.4 Å². The molecule has 0 aromatic heterocycles. The van der Waals surface area contributed by atoms with Crippen molar-refractivity contribution in [3.63, 3.8) is 0 Å². The minimum absolute atomic E-state index is 0.124. The maximum absolute atomic E-state index is 11.5. The zero-order valence-corrected chi connectivity index (χ0v) is 13.3. The van der Waals surface area contributed by atoms with Gasteiger partial charge >= 0.3 is 0 Å². The molecule has 2 aromatic rings. The minimum Gasteiger partial charge on any atom is -0.489 e. The molecule has 0 amide bonds. The molecule has 112 valence electrons. The molecular weight excluding hydrogens is 310 g/mol. The van der Waals surface area contributed by atoms with E-state index in [9.17, 15) is 8.42 Å². The molecule has 21 heavy (non-hydrogen) atoms. The maximum Gasteiger partial charge on any atom is 0.238 e. The van der Waals surface area contributed by atoms with Crippen molar-refractivity contribution < 1.29 is 13.2 Å². The van der Waals surface area contributed by atoms with E-state index in [1.165, 1.54) is 6.07 Å². The molecule has 0 aliphatic rings. The molecule has 0 atom stereocenters. The quantitative estimate of drug-likeness (QED) is 0.938. The van der Waals surface area contributed by atoms with E-state index in [0.29, 0.717) is 22.9 Å². The predicted octanol–water partition coefficient (Wildman–Crippen LogP) is 3.18. The summed E-state index contributed by atoms with van der Waals surface area (Å²) < 4.78 is 28.6. The molecule has 0 fully saturated rings. The van der Waals surface area contributed by atoms with Crippen molar-refractivity contribution in [1.29, 1.82) is 0 Å². The first-order chi connectivity index (χ1) is 9.79. The summed E-state index contributed by atoms with van der Waals surface area (Å²) >= 11 is 5.83. The van der Waals surface area contributed by atoms with Crippen LogP contribution in [0.3, 0.4) is 0 Å². The van der Waals surface area contributed by atoms with Gasteiger partial charge in [-0.1, -0.05) is 23.7 Å². The van der Waals surface area contributed by atoms with Gasteiger partial charge in [0, 0.05) is 5.02 Å². The zero-order chi connectivity index (χ0) is 15.6. The largest absolute Gasteiger partial charge is 0.489 e. The minimum atomic E-state index is -3.71. The second-order valence-corrected chi connectivity index (χ2v) is 6.74. The molecule has 4 nitrogen and oxygen atoms in total. The summed E-state index contributed by atoms with van der Waals surface area (Å²) in [6, 6.07) is 10.4. The molecule has 0 radical (unpaired) electrons. The van der Waals surface area contributed by atoms with Crippen molar-refractivity contribution in [2.45, 2.75) is 25.3 Å². The van der Waals surface area contributed by atoms with E-state index in [1.54, 1.807) is 32.0 Å². The van der Waals surface area contributed by atoms with Gasteiger partial charge in [-0.3, -0.25) is 0 Å². The first-order valence-corrected chi connectivity index (χ1v) is 8.21. The summed E-state index contributed by atoms with van der Waals surface area (Å²) in [6.45, 7) is 3.90. The summed E-state index contributed by atoms with van der Waals surface area (Å²) in [5.74, 6) is 0.634. The standard InChI is InChI=1S/C15H16ClNO3S/c1-10-11(2)15(21(17,18)19)8-7-14(10)20-9-12-3-5-13(16)6-4-12/h3-8H,9H2,1-2H3,(H2,17,18,19). The molecule has 0 bridgehead atoms. The van der Waals surface area contributed by atoms with Crippen LogP contribution in [0.5, 0.6) is 5.75 Å². The van der Waals surface area contributed by atoms with Crippen molar-refractivity contribution in [1.82, 2.24) is 0 Å². The van der Waals surface area contributed by atoms with Crippen molar-refractivity contribution in [3.05, 3.63) is 58.1 Å². The average Bonchev–Trinajstić information content (AvgIpc) is 2.41. The summed E-state index contributed by atoms with van der Waals surface area (Å²) in [7, 11) is -3.71. The Balaban J connectivity index is 2.22. The molecular formula is C15H16ClNO3S. The molecule has 0 aliphatic heterocycles. The topological polar surface area (TPSA) is 69.4 Å². The van der Waals surface area contributed by atoms with E-state index in [2.05, 4.69) is 0 Å². The van der Waals surface area contributed by atoms with E-state index in [0.717, 1.165) is 11.1 Å². The van der Waals surface area contributed by atoms with Crippen LogP contribution in [0.2, 0.25) is 5.02 Å². The lowest BCUT2D eigenvalue weighted by Crippen LogP contribution is -2.14. The number of hydrogen-bond donors (Lipinski definition) is 1. The zero-order valence-electron chi connectivity index (χ0n) is 11.8. The first-order valence-electron chi connectivity index (χ1n) is 6.29. The molecule has 2 N–H and O–H groups in total. The Morgan fingerprint density at radius 3 is 2.24 bits per heavy atom. The van der Waals surface area contributed by atoms with Crippen LogP contribution in [0, 0.1) is 13.8 Å². The van der Waals surface area contributed by atoms with E-state index < -0.39 is 10.0 Å². The van der Waals surface area contributed by atoms with E-state index >= 15 is 0 Å². The summed E-state index contributed by atoms with van der Waals surface area (Å²) in [5, 5.41) is 5.84. The molecule has 0 unspecified atom stereocenters. The number of primary sulfonamides is 1. The van der Waals surface area contributed by atoms with Crippen molar-refractivity contribution in [2.75, 3.05) is 0 Å². The molecule has 0 spiro atoms. The van der Waals surface area contributed by atoms with Crippen LogP contribution in [0.15, 0.2) is 41.3 Å². The van der Waals surface area contributed by atoms with Crippen molar-refractivity contribution in [2.24, 2.45) is 5.14 Å². The molecule has 2 rings (SSSR count). The molecule has 0 saturated carbocycles. The highest BCUT2D eigenvalue weighted by Crippen LogP contribution is 2.27. The Morgan fingerprint density at radius 2 is 1.67 bits per heavy atom. The third-order valence-electron chi connectivity index (χ3n) is 3.30. The second kappa shape index (κ2) is 6.05. The number of hydrogen-bond acceptors (Lipinski definition) is 3. The van der Waals surface area contributed by atoms with Gasteiger partial charge in [-0.25, -0.2) is 13.6 Å². The smallest absolute Gasteiger partial charge is 0.238 e. The van der Waals surface area contributed by atoms with Crippen LogP contribution < -0.4 is 9.88 Å².